The van der Waals surface area contributed by atoms with Crippen LogP contribution in [0, 0.1) is 13.8 Å². The number of carbonyl (C=O) groups excluding carboxylic acids is 1. The van der Waals surface area contributed by atoms with E-state index in [2.05, 4.69) is 4.98 Å². The number of aryl methyl sites for hydroxylation is 3. The molecule has 30 heavy (non-hydrogen) atoms. The van der Waals surface area contributed by atoms with Gasteiger partial charge in [0.25, 0.3) is 5.56 Å². The molecule has 0 bridgehead atoms. The van der Waals surface area contributed by atoms with E-state index in [4.69, 9.17) is 4.74 Å². The SMILES string of the molecule is CCOc1ccc(C2CCCN2C(=O)CCn2cnc3sc(C)c(C)c3c2=O)cc1. The van der Waals surface area contributed by atoms with E-state index in [9.17, 15) is 9.59 Å². The maximum Gasteiger partial charge on any atom is 0.262 e. The zero-order valence-corrected chi connectivity index (χ0v) is 18.5. The first-order valence-corrected chi connectivity index (χ1v) is 11.3. The molecule has 3 aromatic rings. The summed E-state index contributed by atoms with van der Waals surface area (Å²) in [6, 6.07) is 8.11. The maximum atomic E-state index is 13.0. The molecule has 0 spiro atoms. The summed E-state index contributed by atoms with van der Waals surface area (Å²) in [4.78, 5) is 34.1. The zero-order valence-electron chi connectivity index (χ0n) is 17.7. The molecule has 1 unspecified atom stereocenters. The minimum absolute atomic E-state index is 0.0564. The van der Waals surface area contributed by atoms with Crippen LogP contribution in [-0.2, 0) is 11.3 Å². The molecule has 0 saturated carbocycles. The Labute approximate surface area is 180 Å². The van der Waals surface area contributed by atoms with Gasteiger partial charge in [-0.25, -0.2) is 4.98 Å². The first kappa shape index (κ1) is 20.6. The van der Waals surface area contributed by atoms with E-state index in [0.717, 1.165) is 46.0 Å². The third kappa shape index (κ3) is 3.86. The number of amides is 1. The molecule has 1 fully saturated rings. The van der Waals surface area contributed by atoms with Gasteiger partial charge in [-0.1, -0.05) is 12.1 Å². The van der Waals surface area contributed by atoms with Gasteiger partial charge in [-0.05, 0) is 56.9 Å². The second-order valence-corrected chi connectivity index (χ2v) is 8.91. The van der Waals surface area contributed by atoms with Gasteiger partial charge in [0.2, 0.25) is 5.91 Å². The van der Waals surface area contributed by atoms with Gasteiger partial charge in [-0.15, -0.1) is 11.3 Å². The summed E-state index contributed by atoms with van der Waals surface area (Å²) >= 11 is 1.54. The highest BCUT2D eigenvalue weighted by atomic mass is 32.1. The molecule has 1 aliphatic heterocycles. The number of fused-ring (bicyclic) bond motifs is 1. The van der Waals surface area contributed by atoms with Crippen molar-refractivity contribution in [3.05, 3.63) is 57.0 Å². The zero-order chi connectivity index (χ0) is 21.3. The fourth-order valence-electron chi connectivity index (χ4n) is 4.15. The number of aromatic nitrogens is 2. The monoisotopic (exact) mass is 425 g/mol. The van der Waals surface area contributed by atoms with E-state index < -0.39 is 0 Å². The molecular weight excluding hydrogens is 398 g/mol. The largest absolute Gasteiger partial charge is 0.494 e. The molecule has 0 radical (unpaired) electrons. The molecule has 1 saturated heterocycles. The van der Waals surface area contributed by atoms with Gasteiger partial charge in [0.05, 0.1) is 24.4 Å². The predicted molar refractivity (Wildman–Crippen MR) is 119 cm³/mol. The fourth-order valence-corrected chi connectivity index (χ4v) is 5.14. The van der Waals surface area contributed by atoms with Gasteiger partial charge in [-0.2, -0.15) is 0 Å². The summed E-state index contributed by atoms with van der Waals surface area (Å²) in [5, 5.41) is 0.681. The molecule has 0 aliphatic carbocycles. The fraction of sp³-hybridized carbons (Fsp3) is 0.435. The molecule has 7 heteroatoms. The minimum atomic E-state index is -0.0564. The number of likely N-dealkylation sites (tertiary alicyclic amines) is 1. The van der Waals surface area contributed by atoms with Crippen LogP contribution in [0.25, 0.3) is 10.2 Å². The first-order valence-electron chi connectivity index (χ1n) is 10.5. The molecule has 1 aromatic carbocycles. The number of rotatable bonds is 6. The first-order chi connectivity index (χ1) is 14.5. The second-order valence-electron chi connectivity index (χ2n) is 7.70. The van der Waals surface area contributed by atoms with E-state index in [1.165, 1.54) is 11.3 Å². The summed E-state index contributed by atoms with van der Waals surface area (Å²) in [7, 11) is 0. The lowest BCUT2D eigenvalue weighted by molar-refractivity contribution is -0.132. The summed E-state index contributed by atoms with van der Waals surface area (Å²) in [5.74, 6) is 0.926. The maximum absolute atomic E-state index is 13.0. The number of thiophene rings is 1. The van der Waals surface area contributed by atoms with Gasteiger partial charge < -0.3 is 9.64 Å². The molecule has 3 heterocycles. The van der Waals surface area contributed by atoms with Crippen molar-refractivity contribution in [2.24, 2.45) is 0 Å². The summed E-state index contributed by atoms with van der Waals surface area (Å²) < 4.78 is 7.09. The number of benzene rings is 1. The number of nitrogens with zero attached hydrogens (tertiary/aromatic N) is 3. The van der Waals surface area contributed by atoms with Crippen molar-refractivity contribution in [1.29, 1.82) is 0 Å². The molecule has 1 amide bonds. The quantitative estimate of drug-likeness (QED) is 0.593. The van der Waals surface area contributed by atoms with Gasteiger partial charge in [0, 0.05) is 24.4 Å². The molecule has 2 aromatic heterocycles. The Kier molecular flexibility index (Phi) is 5.90. The molecule has 158 valence electrons. The minimum Gasteiger partial charge on any atom is -0.494 e. The van der Waals surface area contributed by atoms with Crippen molar-refractivity contribution in [2.75, 3.05) is 13.2 Å². The molecule has 4 rings (SSSR count). The lowest BCUT2D eigenvalue weighted by atomic mass is 10.0. The lowest BCUT2D eigenvalue weighted by Gasteiger charge is -2.25. The van der Waals surface area contributed by atoms with Crippen molar-refractivity contribution < 1.29 is 9.53 Å². The highest BCUT2D eigenvalue weighted by Gasteiger charge is 2.29. The highest BCUT2D eigenvalue weighted by molar-refractivity contribution is 7.18. The normalized spacial score (nSPS) is 16.4. The Bertz CT molecular complexity index is 1120. The molecule has 0 N–H and O–H groups in total. The Morgan fingerprint density at radius 1 is 1.27 bits per heavy atom. The van der Waals surface area contributed by atoms with Crippen LogP contribution in [0.5, 0.6) is 5.75 Å². The Hall–Kier alpha value is -2.67. The second kappa shape index (κ2) is 8.60. The molecule has 6 nitrogen and oxygen atoms in total. The summed E-state index contributed by atoms with van der Waals surface area (Å²) in [5.41, 5.74) is 2.07. The van der Waals surface area contributed by atoms with Gasteiger partial charge in [0.1, 0.15) is 10.6 Å². The van der Waals surface area contributed by atoms with E-state index >= 15 is 0 Å². The third-order valence-corrected chi connectivity index (χ3v) is 6.99. The molecule has 1 atom stereocenters. The Morgan fingerprint density at radius 2 is 2.03 bits per heavy atom. The number of carbonyl (C=O) groups is 1. The Morgan fingerprint density at radius 3 is 2.77 bits per heavy atom. The van der Waals surface area contributed by atoms with Crippen molar-refractivity contribution >= 4 is 27.5 Å². The standard InChI is InChI=1S/C23H27N3O3S/c1-4-29-18-9-7-17(8-10-18)19-6-5-12-26(19)20(27)11-13-25-14-24-22-21(23(25)28)15(2)16(3)30-22/h7-10,14,19H,4-6,11-13H2,1-3H3. The average molecular weight is 426 g/mol. The highest BCUT2D eigenvalue weighted by Crippen LogP contribution is 2.33. The van der Waals surface area contributed by atoms with Crippen LogP contribution in [0.2, 0.25) is 0 Å². The van der Waals surface area contributed by atoms with Crippen LogP contribution in [-0.4, -0.2) is 33.5 Å². The summed E-state index contributed by atoms with van der Waals surface area (Å²) in [6.07, 6.45) is 3.81. The smallest absolute Gasteiger partial charge is 0.262 e. The number of hydrogen-bond acceptors (Lipinski definition) is 5. The molecular formula is C23H27N3O3S. The Balaban J connectivity index is 1.47. The van der Waals surface area contributed by atoms with Crippen LogP contribution in [0.1, 0.15) is 48.2 Å². The summed E-state index contributed by atoms with van der Waals surface area (Å²) in [6.45, 7) is 7.66. The van der Waals surface area contributed by atoms with Crippen LogP contribution >= 0.6 is 11.3 Å². The lowest BCUT2D eigenvalue weighted by Crippen LogP contribution is -2.32. The van der Waals surface area contributed by atoms with Crippen molar-refractivity contribution in [3.63, 3.8) is 0 Å². The number of ether oxygens (including phenoxy) is 1. The topological polar surface area (TPSA) is 64.4 Å². The van der Waals surface area contributed by atoms with Crippen LogP contribution in [0.4, 0.5) is 0 Å². The van der Waals surface area contributed by atoms with E-state index in [1.54, 1.807) is 10.9 Å². The van der Waals surface area contributed by atoms with Crippen LogP contribution in [0.3, 0.4) is 0 Å². The van der Waals surface area contributed by atoms with E-state index in [0.29, 0.717) is 25.0 Å². The van der Waals surface area contributed by atoms with Gasteiger partial charge in [0.15, 0.2) is 0 Å². The predicted octanol–water partition coefficient (Wildman–Crippen LogP) is 4.23. The van der Waals surface area contributed by atoms with E-state index in [-0.39, 0.29) is 17.5 Å². The van der Waals surface area contributed by atoms with Gasteiger partial charge in [-0.3, -0.25) is 14.2 Å². The van der Waals surface area contributed by atoms with E-state index in [1.807, 2.05) is 49.9 Å². The van der Waals surface area contributed by atoms with Crippen LogP contribution < -0.4 is 10.3 Å². The van der Waals surface area contributed by atoms with Crippen molar-refractivity contribution in [3.8, 4) is 5.75 Å². The van der Waals surface area contributed by atoms with Gasteiger partial charge >= 0.3 is 0 Å². The average Bonchev–Trinajstić information content (AvgIpc) is 3.34. The third-order valence-electron chi connectivity index (χ3n) is 5.87. The number of hydrogen-bond donors (Lipinski definition) is 0. The molecule has 1 aliphatic rings. The van der Waals surface area contributed by atoms with Crippen molar-refractivity contribution in [1.82, 2.24) is 14.5 Å². The van der Waals surface area contributed by atoms with Crippen LogP contribution in [0.15, 0.2) is 35.4 Å². The van der Waals surface area contributed by atoms with Crippen molar-refractivity contribution in [2.45, 2.75) is 52.6 Å².